The van der Waals surface area contributed by atoms with E-state index in [0.29, 0.717) is 0 Å². The van der Waals surface area contributed by atoms with Gasteiger partial charge in [0, 0.05) is 5.92 Å². The molecule has 0 fully saturated rings. The van der Waals surface area contributed by atoms with E-state index in [1.807, 2.05) is 0 Å². The molecule has 2 aliphatic carbocycles. The highest BCUT2D eigenvalue weighted by molar-refractivity contribution is 5.86. The van der Waals surface area contributed by atoms with Gasteiger partial charge in [-0.05, 0) is 51.6 Å². The molecule has 1 heteroatoms. The molecule has 0 amide bonds. The highest BCUT2D eigenvalue weighted by atomic mass is 15.0. The van der Waals surface area contributed by atoms with Gasteiger partial charge in [0.1, 0.15) is 0 Å². The summed E-state index contributed by atoms with van der Waals surface area (Å²) in [5, 5.41) is 3.81. The zero-order chi connectivity index (χ0) is 18.7. The molecule has 0 heterocycles. The number of rotatable bonds is 2. The topological polar surface area (TPSA) is 12.0 Å². The number of likely N-dealkylation sites (N-methyl/N-ethyl adjacent to an activating group) is 1. The predicted molar refractivity (Wildman–Crippen MR) is 115 cm³/mol. The molecule has 0 unspecified atom stereocenters. The summed E-state index contributed by atoms with van der Waals surface area (Å²) >= 11 is 0. The predicted octanol–water partition coefficient (Wildman–Crippen LogP) is 5.94. The van der Waals surface area contributed by atoms with Crippen molar-refractivity contribution in [1.29, 1.82) is 0 Å². The lowest BCUT2D eigenvalue weighted by molar-refractivity contribution is 0.402. The monoisotopic (exact) mass is 359 g/mol. The molecule has 0 saturated carbocycles. The van der Waals surface area contributed by atoms with Crippen molar-refractivity contribution in [3.63, 3.8) is 0 Å². The summed E-state index contributed by atoms with van der Waals surface area (Å²) < 4.78 is 0. The minimum Gasteiger partial charge on any atom is -0.306 e. The fraction of sp³-hybridized carbons (Fsp3) is 0.111. The summed E-state index contributed by atoms with van der Waals surface area (Å²) in [6, 6.07) is 35.6. The third-order valence-electron chi connectivity index (χ3n) is 6.66. The van der Waals surface area contributed by atoms with E-state index in [1.165, 1.54) is 44.5 Å². The van der Waals surface area contributed by atoms with Crippen molar-refractivity contribution >= 4 is 0 Å². The van der Waals surface area contributed by atoms with Gasteiger partial charge in [-0.1, -0.05) is 97.1 Å². The van der Waals surface area contributed by atoms with E-state index in [0.717, 1.165) is 0 Å². The molecule has 4 aromatic rings. The molecule has 0 atom stereocenters. The fourth-order valence-electron chi connectivity index (χ4n) is 5.62. The Hall–Kier alpha value is -3.16. The number of hydrogen-bond donors (Lipinski definition) is 1. The Kier molecular flexibility index (Phi) is 3.21. The van der Waals surface area contributed by atoms with Crippen LogP contribution in [0.15, 0.2) is 97.1 Å². The summed E-state index contributed by atoms with van der Waals surface area (Å²) in [6.45, 7) is 0. The van der Waals surface area contributed by atoms with Gasteiger partial charge in [0.15, 0.2) is 0 Å². The molecule has 4 aromatic carbocycles. The summed E-state index contributed by atoms with van der Waals surface area (Å²) in [5.41, 5.74) is 10.7. The zero-order valence-corrected chi connectivity index (χ0v) is 15.8. The summed E-state index contributed by atoms with van der Waals surface area (Å²) in [6.07, 6.45) is 0. The maximum atomic E-state index is 3.81. The van der Waals surface area contributed by atoms with Crippen molar-refractivity contribution in [3.8, 4) is 22.3 Å². The quantitative estimate of drug-likeness (QED) is 0.467. The average Bonchev–Trinajstić information content (AvgIpc) is 3.25. The molecule has 28 heavy (non-hydrogen) atoms. The molecule has 0 bridgehead atoms. The van der Waals surface area contributed by atoms with Crippen molar-refractivity contribution in [2.75, 3.05) is 7.05 Å². The first-order chi connectivity index (χ1) is 13.9. The van der Waals surface area contributed by atoms with Gasteiger partial charge in [-0.15, -0.1) is 0 Å². The molecule has 0 aromatic heterocycles. The number of hydrogen-bond acceptors (Lipinski definition) is 1. The van der Waals surface area contributed by atoms with Crippen molar-refractivity contribution in [3.05, 3.63) is 119 Å². The van der Waals surface area contributed by atoms with Gasteiger partial charge in [0.2, 0.25) is 0 Å². The van der Waals surface area contributed by atoms with Gasteiger partial charge in [0.05, 0.1) is 5.54 Å². The van der Waals surface area contributed by atoms with Crippen molar-refractivity contribution in [2.45, 2.75) is 11.5 Å². The Balaban J connectivity index is 1.75. The van der Waals surface area contributed by atoms with Crippen LogP contribution in [0.5, 0.6) is 0 Å². The maximum absolute atomic E-state index is 3.81. The normalized spacial score (nSPS) is 15.6. The van der Waals surface area contributed by atoms with Crippen LogP contribution >= 0.6 is 0 Å². The van der Waals surface area contributed by atoms with E-state index in [1.54, 1.807) is 0 Å². The Labute approximate surface area is 165 Å². The second kappa shape index (κ2) is 5.67. The lowest BCUT2D eigenvalue weighted by Gasteiger charge is -2.39. The molecule has 0 saturated heterocycles. The highest BCUT2D eigenvalue weighted by Gasteiger charge is 2.51. The van der Waals surface area contributed by atoms with E-state index in [2.05, 4.69) is 109 Å². The molecule has 2 aliphatic rings. The summed E-state index contributed by atoms with van der Waals surface area (Å²) in [5.74, 6) is 0.231. The molecular formula is C27H21N. The fourth-order valence-corrected chi connectivity index (χ4v) is 5.62. The van der Waals surface area contributed by atoms with Crippen molar-refractivity contribution in [1.82, 2.24) is 5.32 Å². The van der Waals surface area contributed by atoms with Crippen LogP contribution in [0.4, 0.5) is 0 Å². The zero-order valence-electron chi connectivity index (χ0n) is 15.8. The molecule has 1 N–H and O–H groups in total. The van der Waals surface area contributed by atoms with Gasteiger partial charge in [-0.3, -0.25) is 0 Å². The Morgan fingerprint density at radius 2 is 0.929 bits per heavy atom. The van der Waals surface area contributed by atoms with Crippen LogP contribution in [0.3, 0.4) is 0 Å². The van der Waals surface area contributed by atoms with Gasteiger partial charge < -0.3 is 5.32 Å². The van der Waals surface area contributed by atoms with E-state index in [4.69, 9.17) is 0 Å². The largest absolute Gasteiger partial charge is 0.306 e. The van der Waals surface area contributed by atoms with Crippen LogP contribution in [0.1, 0.15) is 28.2 Å². The van der Waals surface area contributed by atoms with E-state index < -0.39 is 0 Å². The Morgan fingerprint density at radius 3 is 1.39 bits per heavy atom. The molecular weight excluding hydrogens is 338 g/mol. The lowest BCUT2D eigenvalue weighted by Crippen LogP contribution is -2.45. The third kappa shape index (κ3) is 1.80. The maximum Gasteiger partial charge on any atom is 0.0811 e. The minimum absolute atomic E-state index is 0.231. The van der Waals surface area contributed by atoms with Crippen LogP contribution in [0.25, 0.3) is 22.3 Å². The summed E-state index contributed by atoms with van der Waals surface area (Å²) in [4.78, 5) is 0. The molecule has 1 nitrogen and oxygen atoms in total. The number of benzene rings is 4. The lowest BCUT2D eigenvalue weighted by atomic mass is 9.71. The highest BCUT2D eigenvalue weighted by Crippen LogP contribution is 2.60. The van der Waals surface area contributed by atoms with Crippen LogP contribution in [0, 0.1) is 0 Å². The van der Waals surface area contributed by atoms with Crippen LogP contribution in [-0.4, -0.2) is 7.05 Å². The first kappa shape index (κ1) is 15.9. The van der Waals surface area contributed by atoms with Gasteiger partial charge >= 0.3 is 0 Å². The molecule has 0 radical (unpaired) electrons. The van der Waals surface area contributed by atoms with Gasteiger partial charge in [-0.25, -0.2) is 0 Å². The van der Waals surface area contributed by atoms with E-state index >= 15 is 0 Å². The Bertz CT molecular complexity index is 1130. The minimum atomic E-state index is -0.282. The second-order valence-electron chi connectivity index (χ2n) is 7.76. The second-order valence-corrected chi connectivity index (χ2v) is 7.76. The molecule has 6 rings (SSSR count). The Morgan fingerprint density at radius 1 is 0.536 bits per heavy atom. The smallest absolute Gasteiger partial charge is 0.0811 e. The average molecular weight is 359 g/mol. The van der Waals surface area contributed by atoms with Crippen LogP contribution in [-0.2, 0) is 5.54 Å². The summed E-state index contributed by atoms with van der Waals surface area (Å²) in [7, 11) is 2.11. The first-order valence-corrected chi connectivity index (χ1v) is 9.93. The van der Waals surface area contributed by atoms with Crippen LogP contribution in [0.2, 0.25) is 0 Å². The van der Waals surface area contributed by atoms with Crippen molar-refractivity contribution < 1.29 is 0 Å². The standard InChI is InChI=1S/C27H21N/c1-28-27(24-16-8-6-12-20(24)21-13-7-9-17-25(21)27)26-22-14-4-2-10-18(22)19-11-3-5-15-23(19)26/h2-17,26,28H,1H3. The van der Waals surface area contributed by atoms with Gasteiger partial charge in [-0.2, -0.15) is 0 Å². The SMILES string of the molecule is CNC1(C2c3ccccc3-c3ccccc32)c2ccccc2-c2ccccc21. The van der Waals surface area contributed by atoms with Crippen molar-refractivity contribution in [2.24, 2.45) is 0 Å². The van der Waals surface area contributed by atoms with Crippen LogP contribution < -0.4 is 5.32 Å². The third-order valence-corrected chi connectivity index (χ3v) is 6.66. The molecule has 0 aliphatic heterocycles. The van der Waals surface area contributed by atoms with E-state index in [-0.39, 0.29) is 11.5 Å². The number of fused-ring (bicyclic) bond motifs is 6. The molecule has 134 valence electrons. The van der Waals surface area contributed by atoms with Gasteiger partial charge in [0.25, 0.3) is 0 Å². The number of nitrogens with one attached hydrogen (secondary N) is 1. The van der Waals surface area contributed by atoms with E-state index in [9.17, 15) is 0 Å². The molecule has 0 spiro atoms. The first-order valence-electron chi connectivity index (χ1n) is 9.93.